The first-order valence-electron chi connectivity index (χ1n) is 8.46. The van der Waals surface area contributed by atoms with Crippen LogP contribution in [-0.4, -0.2) is 53.0 Å². The maximum atomic E-state index is 11.9. The molecular weight excluding hydrogens is 384 g/mol. The van der Waals surface area contributed by atoms with Gasteiger partial charge >= 0.3 is 0 Å². The van der Waals surface area contributed by atoms with Crippen LogP contribution in [0.4, 0.5) is 11.4 Å². The van der Waals surface area contributed by atoms with Crippen molar-refractivity contribution >= 4 is 21.4 Å². The van der Waals surface area contributed by atoms with E-state index in [-0.39, 0.29) is 22.3 Å². The zero-order valence-corrected chi connectivity index (χ0v) is 17.0. The molecule has 0 unspecified atom stereocenters. The number of nitro benzene ring substituents is 1. The molecule has 2 rings (SSSR count). The average Bonchev–Trinajstić information content (AvgIpc) is 2.68. The largest absolute Gasteiger partial charge is 0.497 e. The minimum atomic E-state index is -3.77. The number of methoxy groups -OCH3 is 1. The number of nitrogens with one attached hydrogen (secondary N) is 2. The maximum absolute atomic E-state index is 11.9. The van der Waals surface area contributed by atoms with Crippen molar-refractivity contribution < 1.29 is 18.1 Å². The summed E-state index contributed by atoms with van der Waals surface area (Å²) in [5.41, 5.74) is 0.958. The predicted octanol–water partition coefficient (Wildman–Crippen LogP) is 2.23. The van der Waals surface area contributed by atoms with Gasteiger partial charge in [-0.1, -0.05) is 12.1 Å². The Bertz CT molecular complexity index is 929. The molecule has 0 bridgehead atoms. The van der Waals surface area contributed by atoms with Gasteiger partial charge in [0, 0.05) is 12.6 Å². The summed E-state index contributed by atoms with van der Waals surface area (Å²) >= 11 is 0. The van der Waals surface area contributed by atoms with Crippen LogP contribution in [-0.2, 0) is 10.0 Å². The van der Waals surface area contributed by atoms with E-state index < -0.39 is 14.9 Å². The molecule has 2 aromatic rings. The number of sulfonamides is 1. The van der Waals surface area contributed by atoms with Crippen molar-refractivity contribution in [2.24, 2.45) is 0 Å². The lowest BCUT2D eigenvalue weighted by Gasteiger charge is -2.25. The van der Waals surface area contributed by atoms with Crippen molar-refractivity contribution in [2.75, 3.05) is 40.1 Å². The first-order chi connectivity index (χ1) is 13.2. The second kappa shape index (κ2) is 9.00. The Morgan fingerprint density at radius 3 is 2.32 bits per heavy atom. The summed E-state index contributed by atoms with van der Waals surface area (Å²) in [6.45, 7) is 0.387. The van der Waals surface area contributed by atoms with E-state index in [2.05, 4.69) is 10.0 Å². The summed E-state index contributed by atoms with van der Waals surface area (Å²) < 4.78 is 31.1. The zero-order valence-electron chi connectivity index (χ0n) is 16.2. The second-order valence-corrected chi connectivity index (χ2v) is 8.16. The standard InChI is InChI=1S/C18H24N4O5S/c1-19-28(25,26)15-9-10-16(17(11-15)22(23)24)20-12-18(21(2)3)13-5-7-14(27-4)8-6-13/h5-11,18-20H,12H2,1-4H3/t18-/m0/s1. The van der Waals surface area contributed by atoms with Gasteiger partial charge in [-0.15, -0.1) is 0 Å². The van der Waals surface area contributed by atoms with Gasteiger partial charge in [0.2, 0.25) is 10.0 Å². The highest BCUT2D eigenvalue weighted by atomic mass is 32.2. The molecule has 0 fully saturated rings. The molecular formula is C18H24N4O5S. The molecule has 0 heterocycles. The first kappa shape index (κ1) is 21.6. The minimum Gasteiger partial charge on any atom is -0.497 e. The van der Waals surface area contributed by atoms with E-state index in [0.717, 1.165) is 17.4 Å². The van der Waals surface area contributed by atoms with Crippen molar-refractivity contribution in [1.29, 1.82) is 0 Å². The van der Waals surface area contributed by atoms with Gasteiger partial charge in [0.1, 0.15) is 11.4 Å². The Labute approximate surface area is 164 Å². The average molecular weight is 408 g/mol. The lowest BCUT2D eigenvalue weighted by atomic mass is 10.1. The van der Waals surface area contributed by atoms with E-state index >= 15 is 0 Å². The van der Waals surface area contributed by atoms with Crippen LogP contribution in [0, 0.1) is 10.1 Å². The Morgan fingerprint density at radius 2 is 1.82 bits per heavy atom. The normalized spacial score (nSPS) is 12.6. The Kier molecular flexibility index (Phi) is 6.95. The van der Waals surface area contributed by atoms with Crippen LogP contribution in [0.1, 0.15) is 11.6 Å². The molecule has 0 aliphatic heterocycles. The van der Waals surface area contributed by atoms with Crippen molar-refractivity contribution in [3.63, 3.8) is 0 Å². The number of hydrogen-bond donors (Lipinski definition) is 2. The van der Waals surface area contributed by atoms with Crippen molar-refractivity contribution in [2.45, 2.75) is 10.9 Å². The third-order valence-corrected chi connectivity index (χ3v) is 5.77. The van der Waals surface area contributed by atoms with Crippen LogP contribution >= 0.6 is 0 Å². The zero-order chi connectivity index (χ0) is 20.9. The molecule has 0 saturated carbocycles. The van der Waals surface area contributed by atoms with Gasteiger partial charge < -0.3 is 15.0 Å². The number of nitro groups is 1. The number of hydrogen-bond acceptors (Lipinski definition) is 7. The van der Waals surface area contributed by atoms with E-state index in [4.69, 9.17) is 4.74 Å². The molecule has 2 aromatic carbocycles. The number of benzene rings is 2. The third kappa shape index (κ3) is 4.97. The molecule has 0 aliphatic carbocycles. The van der Waals surface area contributed by atoms with Crippen LogP contribution in [0.2, 0.25) is 0 Å². The second-order valence-electron chi connectivity index (χ2n) is 6.28. The Hall–Kier alpha value is -2.69. The topological polar surface area (TPSA) is 114 Å². The summed E-state index contributed by atoms with van der Waals surface area (Å²) in [6.07, 6.45) is 0. The lowest BCUT2D eigenvalue weighted by molar-refractivity contribution is -0.384. The van der Waals surface area contributed by atoms with Gasteiger partial charge in [-0.25, -0.2) is 13.1 Å². The fraction of sp³-hybridized carbons (Fsp3) is 0.333. The summed E-state index contributed by atoms with van der Waals surface area (Å²) in [7, 11) is 2.90. The Balaban J connectivity index is 2.28. The van der Waals surface area contributed by atoms with Crippen molar-refractivity contribution in [3.05, 3.63) is 58.1 Å². The van der Waals surface area contributed by atoms with Gasteiger partial charge in [0.15, 0.2) is 0 Å². The molecule has 0 saturated heterocycles. The molecule has 0 spiro atoms. The molecule has 0 radical (unpaired) electrons. The predicted molar refractivity (Wildman–Crippen MR) is 107 cm³/mol. The van der Waals surface area contributed by atoms with Crippen LogP contribution in [0.3, 0.4) is 0 Å². The van der Waals surface area contributed by atoms with Gasteiger partial charge in [0.25, 0.3) is 5.69 Å². The molecule has 2 N–H and O–H groups in total. The number of likely N-dealkylation sites (N-methyl/N-ethyl adjacent to an activating group) is 1. The molecule has 1 atom stereocenters. The Morgan fingerprint density at radius 1 is 1.18 bits per heavy atom. The smallest absolute Gasteiger partial charge is 0.293 e. The van der Waals surface area contributed by atoms with Gasteiger partial charge in [0.05, 0.1) is 23.0 Å². The van der Waals surface area contributed by atoms with Gasteiger partial charge in [-0.2, -0.15) is 0 Å². The van der Waals surface area contributed by atoms with Gasteiger partial charge in [-0.3, -0.25) is 10.1 Å². The monoisotopic (exact) mass is 408 g/mol. The molecule has 10 heteroatoms. The third-order valence-electron chi connectivity index (χ3n) is 4.35. The number of nitrogens with zero attached hydrogens (tertiary/aromatic N) is 2. The highest BCUT2D eigenvalue weighted by Crippen LogP contribution is 2.29. The maximum Gasteiger partial charge on any atom is 0.293 e. The molecule has 9 nitrogen and oxygen atoms in total. The molecule has 152 valence electrons. The summed E-state index contributed by atoms with van der Waals surface area (Å²) in [4.78, 5) is 12.7. The fourth-order valence-electron chi connectivity index (χ4n) is 2.73. The van der Waals surface area contributed by atoms with E-state index in [9.17, 15) is 18.5 Å². The summed E-state index contributed by atoms with van der Waals surface area (Å²) in [5, 5.41) is 14.5. The van der Waals surface area contributed by atoms with Gasteiger partial charge in [-0.05, 0) is 51.0 Å². The molecule has 0 amide bonds. The van der Waals surface area contributed by atoms with E-state index in [1.165, 1.54) is 19.2 Å². The van der Waals surface area contributed by atoms with E-state index in [1.807, 2.05) is 43.3 Å². The summed E-state index contributed by atoms with van der Waals surface area (Å²) in [6, 6.07) is 11.3. The SMILES string of the molecule is CNS(=O)(=O)c1ccc(NC[C@@H](c2ccc(OC)cc2)N(C)C)c([N+](=O)[O-])c1. The van der Waals surface area contributed by atoms with E-state index in [1.54, 1.807) is 7.11 Å². The summed E-state index contributed by atoms with van der Waals surface area (Å²) in [5.74, 6) is 0.742. The van der Waals surface area contributed by atoms with E-state index in [0.29, 0.717) is 6.54 Å². The minimum absolute atomic E-state index is 0.0637. The van der Waals surface area contributed by atoms with Crippen LogP contribution < -0.4 is 14.8 Å². The lowest BCUT2D eigenvalue weighted by Crippen LogP contribution is -2.27. The quantitative estimate of drug-likeness (QED) is 0.483. The van der Waals surface area contributed by atoms with Crippen molar-refractivity contribution in [1.82, 2.24) is 9.62 Å². The number of anilines is 1. The highest BCUT2D eigenvalue weighted by molar-refractivity contribution is 7.89. The number of rotatable bonds is 9. The molecule has 28 heavy (non-hydrogen) atoms. The van der Waals surface area contributed by atoms with Crippen LogP contribution in [0.15, 0.2) is 47.4 Å². The first-order valence-corrected chi connectivity index (χ1v) is 9.94. The van der Waals surface area contributed by atoms with Crippen molar-refractivity contribution in [3.8, 4) is 5.75 Å². The molecule has 0 aliphatic rings. The van der Waals surface area contributed by atoms with Crippen LogP contribution in [0.25, 0.3) is 0 Å². The molecule has 0 aromatic heterocycles. The highest BCUT2D eigenvalue weighted by Gasteiger charge is 2.22. The number of ether oxygens (including phenoxy) is 1. The van der Waals surface area contributed by atoms with Crippen LogP contribution in [0.5, 0.6) is 5.75 Å². The fourth-order valence-corrected chi connectivity index (χ4v) is 3.48.